The number of aliphatic carboxylic acids is 1. The molecule has 4 heteroatoms. The molecule has 0 unspecified atom stereocenters. The average Bonchev–Trinajstić information content (AvgIpc) is 3.24. The van der Waals surface area contributed by atoms with E-state index in [0.29, 0.717) is 18.4 Å². The van der Waals surface area contributed by atoms with Gasteiger partial charge in [0.1, 0.15) is 0 Å². The Balaban J connectivity index is 1.68. The standard InChI is InChI=1S/C14H21NO3/c16-13(11-2-1-3-12(11)14(17)18)15(10-6-7-10)8-9-4-5-9/h9-12H,1-8H2,(H,17,18)/t11-,12+/m1/s1. The Kier molecular flexibility index (Phi) is 3.04. The minimum Gasteiger partial charge on any atom is -0.481 e. The van der Waals surface area contributed by atoms with Gasteiger partial charge in [-0.15, -0.1) is 0 Å². The molecule has 0 aliphatic heterocycles. The first kappa shape index (κ1) is 12.0. The molecule has 0 heterocycles. The summed E-state index contributed by atoms with van der Waals surface area (Å²) < 4.78 is 0. The van der Waals surface area contributed by atoms with Gasteiger partial charge in [-0.25, -0.2) is 0 Å². The summed E-state index contributed by atoms with van der Waals surface area (Å²) in [6, 6.07) is 0.424. The molecule has 100 valence electrons. The van der Waals surface area contributed by atoms with E-state index in [1.807, 2.05) is 4.90 Å². The molecule has 3 rings (SSSR count). The molecular formula is C14H21NO3. The van der Waals surface area contributed by atoms with Gasteiger partial charge in [-0.1, -0.05) is 6.42 Å². The molecule has 0 aromatic rings. The molecule has 0 radical (unpaired) electrons. The Morgan fingerprint density at radius 1 is 1.00 bits per heavy atom. The lowest BCUT2D eigenvalue weighted by Gasteiger charge is -2.27. The van der Waals surface area contributed by atoms with E-state index in [1.165, 1.54) is 12.8 Å². The lowest BCUT2D eigenvalue weighted by atomic mass is 9.94. The molecule has 4 nitrogen and oxygen atoms in total. The van der Waals surface area contributed by atoms with Crippen molar-refractivity contribution in [1.29, 1.82) is 0 Å². The van der Waals surface area contributed by atoms with E-state index in [9.17, 15) is 14.7 Å². The van der Waals surface area contributed by atoms with Crippen LogP contribution in [0.15, 0.2) is 0 Å². The first-order chi connectivity index (χ1) is 8.66. The third-order valence-corrected chi connectivity index (χ3v) is 4.57. The van der Waals surface area contributed by atoms with E-state index in [-0.39, 0.29) is 11.8 Å². The third kappa shape index (κ3) is 2.38. The summed E-state index contributed by atoms with van der Waals surface area (Å²) >= 11 is 0. The fourth-order valence-electron chi connectivity index (χ4n) is 3.15. The number of nitrogens with zero attached hydrogens (tertiary/aromatic N) is 1. The van der Waals surface area contributed by atoms with Gasteiger partial charge in [0.05, 0.1) is 11.8 Å². The summed E-state index contributed by atoms with van der Waals surface area (Å²) in [4.78, 5) is 25.8. The zero-order valence-corrected chi connectivity index (χ0v) is 10.7. The Hall–Kier alpha value is -1.06. The number of hydrogen-bond acceptors (Lipinski definition) is 2. The third-order valence-electron chi connectivity index (χ3n) is 4.57. The van der Waals surface area contributed by atoms with Crippen molar-refractivity contribution in [3.05, 3.63) is 0 Å². The second-order valence-electron chi connectivity index (χ2n) is 6.15. The topological polar surface area (TPSA) is 57.6 Å². The molecule has 3 fully saturated rings. The second-order valence-corrected chi connectivity index (χ2v) is 6.15. The largest absolute Gasteiger partial charge is 0.481 e. The van der Waals surface area contributed by atoms with Crippen molar-refractivity contribution in [2.45, 2.75) is 51.0 Å². The Morgan fingerprint density at radius 3 is 2.22 bits per heavy atom. The lowest BCUT2D eigenvalue weighted by molar-refractivity contribution is -0.149. The van der Waals surface area contributed by atoms with E-state index in [2.05, 4.69) is 0 Å². The monoisotopic (exact) mass is 251 g/mol. The highest BCUT2D eigenvalue weighted by atomic mass is 16.4. The molecule has 3 aliphatic carbocycles. The SMILES string of the molecule is O=C(O)[C@H]1CCC[C@H]1C(=O)N(CC1CC1)C1CC1. The number of carbonyl (C=O) groups is 2. The normalized spacial score (nSPS) is 31.3. The highest BCUT2D eigenvalue weighted by Gasteiger charge is 2.44. The van der Waals surface area contributed by atoms with Crippen LogP contribution in [0, 0.1) is 17.8 Å². The molecule has 3 saturated carbocycles. The van der Waals surface area contributed by atoms with Crippen LogP contribution >= 0.6 is 0 Å². The number of amides is 1. The zero-order chi connectivity index (χ0) is 12.7. The summed E-state index contributed by atoms with van der Waals surface area (Å²) in [5.41, 5.74) is 0. The van der Waals surface area contributed by atoms with Crippen molar-refractivity contribution in [2.75, 3.05) is 6.54 Å². The Labute approximate surface area is 107 Å². The van der Waals surface area contributed by atoms with Crippen LogP contribution < -0.4 is 0 Å². The van der Waals surface area contributed by atoms with Gasteiger partial charge >= 0.3 is 5.97 Å². The highest BCUT2D eigenvalue weighted by Crippen LogP contribution is 2.39. The van der Waals surface area contributed by atoms with Crippen LogP contribution in [0.1, 0.15) is 44.9 Å². The predicted molar refractivity (Wildman–Crippen MR) is 65.9 cm³/mol. The Bertz CT molecular complexity index is 360. The number of hydrogen-bond donors (Lipinski definition) is 1. The van der Waals surface area contributed by atoms with Crippen molar-refractivity contribution in [2.24, 2.45) is 17.8 Å². The maximum Gasteiger partial charge on any atom is 0.307 e. The number of carboxylic acids is 1. The van der Waals surface area contributed by atoms with Crippen LogP contribution in [0.3, 0.4) is 0 Å². The number of carbonyl (C=O) groups excluding carboxylic acids is 1. The molecule has 18 heavy (non-hydrogen) atoms. The number of carboxylic acid groups (broad SMARTS) is 1. The summed E-state index contributed by atoms with van der Waals surface area (Å²) in [5.74, 6) is -0.638. The van der Waals surface area contributed by atoms with Crippen LogP contribution in [0.25, 0.3) is 0 Å². The van der Waals surface area contributed by atoms with Gasteiger partial charge < -0.3 is 10.0 Å². The molecule has 3 aliphatic rings. The smallest absolute Gasteiger partial charge is 0.307 e. The summed E-state index contributed by atoms with van der Waals surface area (Å²) in [6.07, 6.45) is 7.03. The van der Waals surface area contributed by atoms with Crippen LogP contribution in [0.4, 0.5) is 0 Å². The molecule has 0 aromatic heterocycles. The van der Waals surface area contributed by atoms with E-state index in [4.69, 9.17) is 0 Å². The van der Waals surface area contributed by atoms with Gasteiger partial charge in [-0.05, 0) is 44.4 Å². The minimum absolute atomic E-state index is 0.134. The van der Waals surface area contributed by atoms with Crippen molar-refractivity contribution < 1.29 is 14.7 Å². The van der Waals surface area contributed by atoms with Gasteiger partial charge in [0, 0.05) is 12.6 Å². The molecule has 2 atom stereocenters. The average molecular weight is 251 g/mol. The van der Waals surface area contributed by atoms with Gasteiger partial charge in [0.15, 0.2) is 0 Å². The number of rotatable bonds is 5. The lowest BCUT2D eigenvalue weighted by Crippen LogP contribution is -2.41. The van der Waals surface area contributed by atoms with E-state index < -0.39 is 11.9 Å². The first-order valence-electron chi connectivity index (χ1n) is 7.20. The van der Waals surface area contributed by atoms with E-state index in [1.54, 1.807) is 0 Å². The maximum atomic E-state index is 12.6. The van der Waals surface area contributed by atoms with Crippen molar-refractivity contribution >= 4 is 11.9 Å². The maximum absolute atomic E-state index is 12.6. The van der Waals surface area contributed by atoms with E-state index in [0.717, 1.165) is 32.2 Å². The highest BCUT2D eigenvalue weighted by molar-refractivity contribution is 5.85. The van der Waals surface area contributed by atoms with Gasteiger partial charge in [-0.2, -0.15) is 0 Å². The molecule has 0 bridgehead atoms. The fourth-order valence-corrected chi connectivity index (χ4v) is 3.15. The van der Waals surface area contributed by atoms with Crippen LogP contribution in [-0.2, 0) is 9.59 Å². The summed E-state index contributed by atoms with van der Waals surface area (Å²) in [5, 5.41) is 9.19. The Morgan fingerprint density at radius 2 is 1.67 bits per heavy atom. The van der Waals surface area contributed by atoms with Gasteiger partial charge in [0.25, 0.3) is 0 Å². The second kappa shape index (κ2) is 4.56. The van der Waals surface area contributed by atoms with Crippen LogP contribution in [-0.4, -0.2) is 34.5 Å². The van der Waals surface area contributed by atoms with Crippen LogP contribution in [0.5, 0.6) is 0 Å². The molecule has 0 saturated heterocycles. The van der Waals surface area contributed by atoms with Crippen LogP contribution in [0.2, 0.25) is 0 Å². The molecule has 1 N–H and O–H groups in total. The van der Waals surface area contributed by atoms with Crippen molar-refractivity contribution in [3.8, 4) is 0 Å². The molecule has 0 spiro atoms. The van der Waals surface area contributed by atoms with E-state index >= 15 is 0 Å². The van der Waals surface area contributed by atoms with Crippen molar-refractivity contribution in [1.82, 2.24) is 4.90 Å². The molecule has 0 aromatic carbocycles. The van der Waals surface area contributed by atoms with Gasteiger partial charge in [-0.3, -0.25) is 9.59 Å². The minimum atomic E-state index is -0.784. The molecular weight excluding hydrogens is 230 g/mol. The summed E-state index contributed by atoms with van der Waals surface area (Å²) in [6.45, 7) is 0.881. The zero-order valence-electron chi connectivity index (χ0n) is 10.7. The fraction of sp³-hybridized carbons (Fsp3) is 0.857. The quantitative estimate of drug-likeness (QED) is 0.811. The van der Waals surface area contributed by atoms with Gasteiger partial charge in [0.2, 0.25) is 5.91 Å². The summed E-state index contributed by atoms with van der Waals surface area (Å²) in [7, 11) is 0. The first-order valence-corrected chi connectivity index (χ1v) is 7.20. The predicted octanol–water partition coefficient (Wildman–Crippen LogP) is 1.89. The van der Waals surface area contributed by atoms with Crippen molar-refractivity contribution in [3.63, 3.8) is 0 Å². The molecule has 1 amide bonds.